The van der Waals surface area contributed by atoms with E-state index in [9.17, 15) is 14.4 Å². The molecule has 10 heteroatoms. The molecule has 3 aliphatic heterocycles. The molecule has 176 valence electrons. The number of piperidine rings is 2. The van der Waals surface area contributed by atoms with Crippen molar-refractivity contribution in [3.8, 4) is 0 Å². The summed E-state index contributed by atoms with van der Waals surface area (Å²) in [6, 6.07) is 4.94. The van der Waals surface area contributed by atoms with E-state index < -0.39 is 11.9 Å². The molecule has 1 aromatic carbocycles. The third kappa shape index (κ3) is 5.78. The van der Waals surface area contributed by atoms with Crippen molar-refractivity contribution >= 4 is 35.8 Å². The van der Waals surface area contributed by atoms with Crippen molar-refractivity contribution in [2.75, 3.05) is 44.8 Å². The van der Waals surface area contributed by atoms with Gasteiger partial charge in [0.1, 0.15) is 6.04 Å². The molecule has 32 heavy (non-hydrogen) atoms. The van der Waals surface area contributed by atoms with Crippen molar-refractivity contribution in [3.05, 3.63) is 29.3 Å². The Morgan fingerprint density at radius 1 is 1.06 bits per heavy atom. The zero-order valence-electron chi connectivity index (χ0n) is 18.1. The van der Waals surface area contributed by atoms with Gasteiger partial charge in [-0.15, -0.1) is 12.4 Å². The third-order valence-corrected chi connectivity index (χ3v) is 6.01. The average molecular weight is 467 g/mol. The van der Waals surface area contributed by atoms with Crippen LogP contribution in [0.15, 0.2) is 18.2 Å². The second kappa shape index (κ2) is 11.6. The van der Waals surface area contributed by atoms with Gasteiger partial charge in [0.25, 0.3) is 5.91 Å². The summed E-state index contributed by atoms with van der Waals surface area (Å²) in [6.45, 7) is 4.68. The molecule has 3 aliphatic rings. The summed E-state index contributed by atoms with van der Waals surface area (Å²) in [7, 11) is 0. The average Bonchev–Trinajstić information content (AvgIpc) is 3.11. The Bertz CT molecular complexity index is 831. The van der Waals surface area contributed by atoms with Crippen LogP contribution in [0.3, 0.4) is 0 Å². The van der Waals surface area contributed by atoms with Crippen LogP contribution in [0.4, 0.5) is 5.69 Å². The quantitative estimate of drug-likeness (QED) is 0.369. The van der Waals surface area contributed by atoms with E-state index in [1.165, 1.54) is 0 Å². The Morgan fingerprint density at radius 2 is 1.88 bits per heavy atom. The normalized spacial score (nSPS) is 21.2. The molecule has 0 bridgehead atoms. The van der Waals surface area contributed by atoms with Gasteiger partial charge >= 0.3 is 0 Å². The molecular weight excluding hydrogens is 436 g/mol. The van der Waals surface area contributed by atoms with Crippen LogP contribution < -0.4 is 16.0 Å². The number of carbonyl (C=O) groups excluding carboxylic acids is 3. The smallest absolute Gasteiger partial charge is 0.255 e. The molecule has 2 saturated heterocycles. The lowest BCUT2D eigenvalue weighted by atomic mass is 10.0. The summed E-state index contributed by atoms with van der Waals surface area (Å²) >= 11 is 0. The molecule has 3 N–H and O–H groups in total. The fraction of sp³-hybridized carbons (Fsp3) is 0.591. The van der Waals surface area contributed by atoms with Crippen molar-refractivity contribution in [2.24, 2.45) is 0 Å². The highest BCUT2D eigenvalue weighted by atomic mass is 35.5. The molecule has 2 fully saturated rings. The monoisotopic (exact) mass is 466 g/mol. The number of nitrogens with one attached hydrogen (secondary N) is 3. The van der Waals surface area contributed by atoms with Gasteiger partial charge in [-0.05, 0) is 44.5 Å². The number of benzene rings is 1. The summed E-state index contributed by atoms with van der Waals surface area (Å²) in [5, 5.41) is 8.99. The summed E-state index contributed by atoms with van der Waals surface area (Å²) in [5.41, 5.74) is 2.35. The number of halogens is 1. The zero-order chi connectivity index (χ0) is 21.6. The van der Waals surface area contributed by atoms with Gasteiger partial charge in [0.15, 0.2) is 0 Å². The predicted molar refractivity (Wildman–Crippen MR) is 121 cm³/mol. The SMILES string of the molecule is Cl.O=C1CCC(N2Cc3c(NCCOCCOC4CCNCC4)cccc3C2=O)C(=O)N1. The van der Waals surface area contributed by atoms with Crippen molar-refractivity contribution in [3.63, 3.8) is 0 Å². The van der Waals surface area contributed by atoms with E-state index in [0.29, 0.717) is 51.0 Å². The van der Waals surface area contributed by atoms with Crippen LogP contribution in [0.1, 0.15) is 41.6 Å². The number of carbonyl (C=O) groups is 3. The van der Waals surface area contributed by atoms with Gasteiger partial charge in [-0.3, -0.25) is 19.7 Å². The highest BCUT2D eigenvalue weighted by molar-refractivity contribution is 6.06. The maximum Gasteiger partial charge on any atom is 0.255 e. The third-order valence-electron chi connectivity index (χ3n) is 6.01. The van der Waals surface area contributed by atoms with Crippen molar-refractivity contribution in [2.45, 2.75) is 44.4 Å². The molecule has 1 aromatic rings. The number of anilines is 1. The first-order valence-corrected chi connectivity index (χ1v) is 11.0. The largest absolute Gasteiger partial charge is 0.382 e. The van der Waals surface area contributed by atoms with E-state index in [1.54, 1.807) is 11.0 Å². The van der Waals surface area contributed by atoms with Crippen molar-refractivity contribution in [1.82, 2.24) is 15.5 Å². The highest BCUT2D eigenvalue weighted by Gasteiger charge is 2.39. The summed E-state index contributed by atoms with van der Waals surface area (Å²) < 4.78 is 11.5. The van der Waals surface area contributed by atoms with Gasteiger partial charge in [0.05, 0.1) is 25.9 Å². The summed E-state index contributed by atoms with van der Waals surface area (Å²) in [4.78, 5) is 38.0. The molecule has 0 spiro atoms. The first-order valence-electron chi connectivity index (χ1n) is 11.0. The highest BCUT2D eigenvalue weighted by Crippen LogP contribution is 2.32. The second-order valence-corrected chi connectivity index (χ2v) is 8.09. The van der Waals surface area contributed by atoms with E-state index in [-0.39, 0.29) is 30.6 Å². The van der Waals surface area contributed by atoms with E-state index >= 15 is 0 Å². The Hall–Kier alpha value is -2.20. The van der Waals surface area contributed by atoms with Gasteiger partial charge in [-0.25, -0.2) is 0 Å². The van der Waals surface area contributed by atoms with Crippen molar-refractivity contribution in [1.29, 1.82) is 0 Å². The lowest BCUT2D eigenvalue weighted by Crippen LogP contribution is -2.52. The number of hydrogen-bond donors (Lipinski definition) is 3. The van der Waals surface area contributed by atoms with Gasteiger partial charge in [-0.2, -0.15) is 0 Å². The number of hydrogen-bond acceptors (Lipinski definition) is 7. The fourth-order valence-corrected chi connectivity index (χ4v) is 4.35. The Balaban J connectivity index is 0.00000289. The van der Waals surface area contributed by atoms with Crippen LogP contribution in [-0.4, -0.2) is 74.2 Å². The number of rotatable bonds is 9. The van der Waals surface area contributed by atoms with Gasteiger partial charge in [0.2, 0.25) is 11.8 Å². The van der Waals surface area contributed by atoms with Gasteiger partial charge in [-0.1, -0.05) is 6.07 Å². The van der Waals surface area contributed by atoms with E-state index in [4.69, 9.17) is 9.47 Å². The Labute approximate surface area is 194 Å². The molecule has 3 heterocycles. The zero-order valence-corrected chi connectivity index (χ0v) is 18.9. The topological polar surface area (TPSA) is 109 Å². The number of ether oxygens (including phenoxy) is 2. The van der Waals surface area contributed by atoms with E-state index in [1.807, 2.05) is 12.1 Å². The Kier molecular flexibility index (Phi) is 8.86. The van der Waals surface area contributed by atoms with Crippen LogP contribution in [0, 0.1) is 0 Å². The molecule has 0 aromatic heterocycles. The molecule has 3 amide bonds. The number of fused-ring (bicyclic) bond motifs is 1. The van der Waals surface area contributed by atoms with Crippen LogP contribution in [0.2, 0.25) is 0 Å². The van der Waals surface area contributed by atoms with Gasteiger partial charge in [0, 0.05) is 36.3 Å². The van der Waals surface area contributed by atoms with Crippen LogP contribution in [0.25, 0.3) is 0 Å². The first kappa shape index (κ1) is 24.4. The Morgan fingerprint density at radius 3 is 2.66 bits per heavy atom. The summed E-state index contributed by atoms with van der Waals surface area (Å²) in [6.07, 6.45) is 3.05. The molecule has 0 aliphatic carbocycles. The van der Waals surface area contributed by atoms with Crippen molar-refractivity contribution < 1.29 is 23.9 Å². The summed E-state index contributed by atoms with van der Waals surface area (Å²) in [5.74, 6) is -0.847. The molecule has 0 saturated carbocycles. The van der Waals surface area contributed by atoms with E-state index in [0.717, 1.165) is 37.2 Å². The predicted octanol–water partition coefficient (Wildman–Crippen LogP) is 1.07. The number of nitrogens with zero attached hydrogens (tertiary/aromatic N) is 1. The molecule has 1 atom stereocenters. The maximum absolute atomic E-state index is 12.8. The fourth-order valence-electron chi connectivity index (χ4n) is 4.35. The van der Waals surface area contributed by atoms with Gasteiger partial charge < -0.3 is 25.0 Å². The molecular formula is C22H31ClN4O5. The van der Waals surface area contributed by atoms with E-state index in [2.05, 4.69) is 16.0 Å². The maximum atomic E-state index is 12.8. The molecule has 1 unspecified atom stereocenters. The second-order valence-electron chi connectivity index (χ2n) is 8.09. The number of imide groups is 1. The molecule has 9 nitrogen and oxygen atoms in total. The lowest BCUT2D eigenvalue weighted by molar-refractivity contribution is -0.136. The minimum absolute atomic E-state index is 0. The minimum atomic E-state index is -0.603. The number of amides is 3. The van der Waals surface area contributed by atoms with Crippen LogP contribution in [0.5, 0.6) is 0 Å². The molecule has 0 radical (unpaired) electrons. The lowest BCUT2D eigenvalue weighted by Gasteiger charge is -2.29. The van der Waals surface area contributed by atoms with Crippen LogP contribution >= 0.6 is 12.4 Å². The minimum Gasteiger partial charge on any atom is -0.382 e. The first-order chi connectivity index (χ1) is 15.1. The molecule has 4 rings (SSSR count). The van der Waals surface area contributed by atoms with Crippen LogP contribution in [-0.2, 0) is 25.6 Å². The standard InChI is InChI=1S/C22H30N4O5.ClH/c27-20-5-4-19(21(28)25-20)26-14-17-16(22(26)29)2-1-3-18(17)24-10-11-30-12-13-31-15-6-8-23-9-7-15;/h1-3,15,19,23-24H,4-14H2,(H,25,27,28);1H.